The Morgan fingerprint density at radius 2 is 1.93 bits per heavy atom. The Hall–Kier alpha value is -3.68. The van der Waals surface area contributed by atoms with Crippen LogP contribution in [-0.4, -0.2) is 32.3 Å². The van der Waals surface area contributed by atoms with E-state index in [1.54, 1.807) is 22.9 Å². The third-order valence-electron chi connectivity index (χ3n) is 4.02. The quantitative estimate of drug-likeness (QED) is 0.524. The first-order valence-electron chi connectivity index (χ1n) is 8.60. The van der Waals surface area contributed by atoms with Gasteiger partial charge in [0.2, 0.25) is 0 Å². The third kappa shape index (κ3) is 3.95. The van der Waals surface area contributed by atoms with Gasteiger partial charge in [0.05, 0.1) is 12.8 Å². The summed E-state index contributed by atoms with van der Waals surface area (Å²) in [6, 6.07) is 16.5. The van der Waals surface area contributed by atoms with E-state index in [2.05, 4.69) is 25.9 Å². The van der Waals surface area contributed by atoms with Gasteiger partial charge in [-0.3, -0.25) is 4.79 Å². The van der Waals surface area contributed by atoms with Gasteiger partial charge < -0.3 is 15.1 Å². The van der Waals surface area contributed by atoms with Gasteiger partial charge in [0.15, 0.2) is 11.5 Å². The summed E-state index contributed by atoms with van der Waals surface area (Å²) in [6.07, 6.45) is 2.16. The molecule has 0 fully saturated rings. The fourth-order valence-electron chi connectivity index (χ4n) is 2.65. The number of nitrogens with zero attached hydrogens (tertiary/aromatic N) is 4. The molecule has 0 aliphatic heterocycles. The average molecular weight is 362 g/mol. The molecule has 136 valence electrons. The Kier molecular flexibility index (Phi) is 4.78. The van der Waals surface area contributed by atoms with Gasteiger partial charge in [0, 0.05) is 18.5 Å². The van der Waals surface area contributed by atoms with E-state index in [0.29, 0.717) is 42.4 Å². The largest absolute Gasteiger partial charge is 0.467 e. The number of hydrogen-bond acceptors (Lipinski definition) is 6. The van der Waals surface area contributed by atoms with Crippen LogP contribution in [0.5, 0.6) is 0 Å². The van der Waals surface area contributed by atoms with Crippen molar-refractivity contribution in [3.05, 3.63) is 78.0 Å². The number of fused-ring (bicyclic) bond motifs is 1. The monoisotopic (exact) mass is 362 g/mol. The topological polar surface area (TPSA) is 97.3 Å². The molecule has 0 aliphatic carbocycles. The lowest BCUT2D eigenvalue weighted by atomic mass is 10.2. The predicted molar refractivity (Wildman–Crippen MR) is 99.3 cm³/mol. The van der Waals surface area contributed by atoms with Crippen LogP contribution in [0.25, 0.3) is 5.65 Å². The highest BCUT2D eigenvalue weighted by Crippen LogP contribution is 2.10. The van der Waals surface area contributed by atoms with Crippen LogP contribution in [0.1, 0.15) is 21.9 Å². The number of nitrogens with one attached hydrogen (secondary N) is 2. The van der Waals surface area contributed by atoms with Crippen molar-refractivity contribution in [2.45, 2.75) is 13.0 Å². The summed E-state index contributed by atoms with van der Waals surface area (Å²) in [5.41, 5.74) is 1.29. The average Bonchev–Trinajstić information content (AvgIpc) is 3.37. The predicted octanol–water partition coefficient (Wildman–Crippen LogP) is 2.30. The normalized spacial score (nSPS) is 10.8. The van der Waals surface area contributed by atoms with E-state index in [9.17, 15) is 4.79 Å². The molecule has 8 nitrogen and oxygen atoms in total. The van der Waals surface area contributed by atoms with Gasteiger partial charge in [0.1, 0.15) is 11.6 Å². The second-order valence-corrected chi connectivity index (χ2v) is 5.91. The van der Waals surface area contributed by atoms with Crippen LogP contribution >= 0.6 is 0 Å². The number of anilines is 1. The molecule has 0 aliphatic rings. The summed E-state index contributed by atoms with van der Waals surface area (Å²) in [7, 11) is 0. The van der Waals surface area contributed by atoms with E-state index < -0.39 is 0 Å². The van der Waals surface area contributed by atoms with Gasteiger partial charge in [-0.2, -0.15) is 4.52 Å². The van der Waals surface area contributed by atoms with Crippen LogP contribution in [0.4, 0.5) is 5.82 Å². The second kappa shape index (κ2) is 7.69. The third-order valence-corrected chi connectivity index (χ3v) is 4.02. The van der Waals surface area contributed by atoms with E-state index in [1.807, 2.05) is 42.5 Å². The minimum absolute atomic E-state index is 0.113. The molecule has 0 atom stereocenters. The summed E-state index contributed by atoms with van der Waals surface area (Å²) in [5, 5.41) is 18.9. The molecule has 4 aromatic rings. The standard InChI is InChI=1S/C19H18N6O2/c26-19(14-5-2-1-3-6-14)20-11-10-18-23-22-17-9-8-16(24-25(17)18)21-13-15-7-4-12-27-15/h1-9,12H,10-11,13H2,(H,20,26)(H,21,24). The lowest BCUT2D eigenvalue weighted by Crippen LogP contribution is -2.26. The molecule has 1 amide bonds. The highest BCUT2D eigenvalue weighted by molar-refractivity contribution is 5.94. The second-order valence-electron chi connectivity index (χ2n) is 5.91. The molecule has 2 N–H and O–H groups in total. The number of aromatic nitrogens is 4. The number of carbonyl (C=O) groups is 1. The first kappa shape index (κ1) is 16.8. The summed E-state index contributed by atoms with van der Waals surface area (Å²) in [5.74, 6) is 2.08. The van der Waals surface area contributed by atoms with Crippen molar-refractivity contribution in [3.63, 3.8) is 0 Å². The summed E-state index contributed by atoms with van der Waals surface area (Å²) >= 11 is 0. The van der Waals surface area contributed by atoms with Gasteiger partial charge >= 0.3 is 0 Å². The van der Waals surface area contributed by atoms with Gasteiger partial charge in [-0.05, 0) is 36.4 Å². The van der Waals surface area contributed by atoms with Crippen LogP contribution in [0.15, 0.2) is 65.3 Å². The highest BCUT2D eigenvalue weighted by atomic mass is 16.3. The van der Waals surface area contributed by atoms with Crippen molar-refractivity contribution in [2.75, 3.05) is 11.9 Å². The Balaban J connectivity index is 1.39. The fraction of sp³-hybridized carbons (Fsp3) is 0.158. The molecule has 1 aromatic carbocycles. The van der Waals surface area contributed by atoms with Gasteiger partial charge in [-0.15, -0.1) is 15.3 Å². The number of rotatable bonds is 7. The van der Waals surface area contributed by atoms with Crippen molar-refractivity contribution < 1.29 is 9.21 Å². The zero-order valence-electron chi connectivity index (χ0n) is 14.5. The van der Waals surface area contributed by atoms with E-state index >= 15 is 0 Å². The first-order chi connectivity index (χ1) is 13.3. The Bertz CT molecular complexity index is 1030. The summed E-state index contributed by atoms with van der Waals surface area (Å²) < 4.78 is 6.98. The zero-order chi connectivity index (χ0) is 18.5. The van der Waals surface area contributed by atoms with Gasteiger partial charge in [-0.25, -0.2) is 0 Å². The maximum atomic E-state index is 12.1. The summed E-state index contributed by atoms with van der Waals surface area (Å²) in [4.78, 5) is 12.1. The summed E-state index contributed by atoms with van der Waals surface area (Å²) in [6.45, 7) is 0.982. The SMILES string of the molecule is O=C(NCCc1nnc2ccc(NCc3ccco3)nn12)c1ccccc1. The molecule has 27 heavy (non-hydrogen) atoms. The first-order valence-corrected chi connectivity index (χ1v) is 8.60. The highest BCUT2D eigenvalue weighted by Gasteiger charge is 2.09. The molecular weight excluding hydrogens is 344 g/mol. The molecule has 8 heteroatoms. The maximum absolute atomic E-state index is 12.1. The number of benzene rings is 1. The molecular formula is C19H18N6O2. The van der Waals surface area contributed by atoms with Crippen molar-refractivity contribution in [1.82, 2.24) is 25.1 Å². The molecule has 0 saturated heterocycles. The fourth-order valence-corrected chi connectivity index (χ4v) is 2.65. The van der Waals surface area contributed by atoms with E-state index in [4.69, 9.17) is 4.42 Å². The van der Waals surface area contributed by atoms with Crippen LogP contribution in [-0.2, 0) is 13.0 Å². The molecule has 3 heterocycles. The van der Waals surface area contributed by atoms with Crippen molar-refractivity contribution in [2.24, 2.45) is 0 Å². The van der Waals surface area contributed by atoms with E-state index in [-0.39, 0.29) is 5.91 Å². The maximum Gasteiger partial charge on any atom is 0.251 e. The minimum Gasteiger partial charge on any atom is -0.467 e. The van der Waals surface area contributed by atoms with Crippen LogP contribution < -0.4 is 10.6 Å². The van der Waals surface area contributed by atoms with Crippen molar-refractivity contribution in [3.8, 4) is 0 Å². The van der Waals surface area contributed by atoms with Crippen molar-refractivity contribution in [1.29, 1.82) is 0 Å². The molecule has 0 spiro atoms. The zero-order valence-corrected chi connectivity index (χ0v) is 14.5. The number of furan rings is 1. The Morgan fingerprint density at radius 1 is 1.04 bits per heavy atom. The number of amides is 1. The van der Waals surface area contributed by atoms with Gasteiger partial charge in [0.25, 0.3) is 5.91 Å². The molecule has 3 aromatic heterocycles. The van der Waals surface area contributed by atoms with Crippen molar-refractivity contribution >= 4 is 17.4 Å². The van der Waals surface area contributed by atoms with E-state index in [1.165, 1.54) is 0 Å². The number of hydrogen-bond donors (Lipinski definition) is 2. The van der Waals surface area contributed by atoms with E-state index in [0.717, 1.165) is 5.76 Å². The molecule has 0 unspecified atom stereocenters. The van der Waals surface area contributed by atoms with Gasteiger partial charge in [-0.1, -0.05) is 18.2 Å². The smallest absolute Gasteiger partial charge is 0.251 e. The van der Waals surface area contributed by atoms with Crippen LogP contribution in [0, 0.1) is 0 Å². The molecule has 0 bridgehead atoms. The molecule has 0 saturated carbocycles. The lowest BCUT2D eigenvalue weighted by molar-refractivity contribution is 0.0954. The van der Waals surface area contributed by atoms with Crippen LogP contribution in [0.3, 0.4) is 0 Å². The molecule has 4 rings (SSSR count). The molecule has 0 radical (unpaired) electrons. The van der Waals surface area contributed by atoms with Crippen LogP contribution in [0.2, 0.25) is 0 Å². The Morgan fingerprint density at radius 3 is 2.74 bits per heavy atom. The minimum atomic E-state index is -0.113. The number of carbonyl (C=O) groups excluding carboxylic acids is 1. The Labute approximate surface area is 155 Å². The lowest BCUT2D eigenvalue weighted by Gasteiger charge is -2.06.